The quantitative estimate of drug-likeness (QED) is 0.589. The molecule has 28 heavy (non-hydrogen) atoms. The van der Waals surface area contributed by atoms with Crippen LogP contribution in [0.2, 0.25) is 0 Å². The summed E-state index contributed by atoms with van der Waals surface area (Å²) in [6.07, 6.45) is 2.11. The SMILES string of the molecule is COC[C@H](C)n1cc(C)c2nc(-c3ccc(C(C)C)nc3OC)c(OC)cc21. The van der Waals surface area contributed by atoms with E-state index in [9.17, 15) is 0 Å². The molecule has 3 rings (SSSR count). The number of methoxy groups -OCH3 is 3. The third-order valence-electron chi connectivity index (χ3n) is 4.98. The molecular weight excluding hydrogens is 354 g/mol. The van der Waals surface area contributed by atoms with Crippen LogP contribution in [0, 0.1) is 6.92 Å². The average Bonchev–Trinajstić information content (AvgIpc) is 3.02. The lowest BCUT2D eigenvalue weighted by Crippen LogP contribution is -2.10. The molecule has 150 valence electrons. The van der Waals surface area contributed by atoms with E-state index in [0.29, 0.717) is 24.2 Å². The van der Waals surface area contributed by atoms with E-state index in [0.717, 1.165) is 33.5 Å². The first-order chi connectivity index (χ1) is 13.4. The van der Waals surface area contributed by atoms with Gasteiger partial charge in [0.15, 0.2) is 0 Å². The second-order valence-corrected chi connectivity index (χ2v) is 7.38. The number of hydrogen-bond donors (Lipinski definition) is 0. The first kappa shape index (κ1) is 20.1. The van der Waals surface area contributed by atoms with E-state index >= 15 is 0 Å². The number of fused-ring (bicyclic) bond motifs is 1. The Morgan fingerprint density at radius 1 is 1.04 bits per heavy atom. The lowest BCUT2D eigenvalue weighted by Gasteiger charge is -2.16. The molecule has 0 aliphatic carbocycles. The Hall–Kier alpha value is -2.60. The van der Waals surface area contributed by atoms with Crippen molar-refractivity contribution >= 4 is 11.0 Å². The van der Waals surface area contributed by atoms with Gasteiger partial charge in [0, 0.05) is 25.1 Å². The van der Waals surface area contributed by atoms with E-state index in [4.69, 9.17) is 19.2 Å². The molecule has 0 aromatic carbocycles. The lowest BCUT2D eigenvalue weighted by molar-refractivity contribution is 0.164. The molecule has 0 fully saturated rings. The molecule has 0 spiro atoms. The summed E-state index contributed by atoms with van der Waals surface area (Å²) in [5.41, 5.74) is 5.60. The van der Waals surface area contributed by atoms with Crippen LogP contribution in [-0.2, 0) is 4.74 Å². The fourth-order valence-electron chi connectivity index (χ4n) is 3.46. The van der Waals surface area contributed by atoms with Gasteiger partial charge >= 0.3 is 0 Å². The summed E-state index contributed by atoms with van der Waals surface area (Å²) in [5.74, 6) is 1.56. The van der Waals surface area contributed by atoms with Crippen LogP contribution in [0.4, 0.5) is 0 Å². The normalized spacial score (nSPS) is 12.6. The third kappa shape index (κ3) is 3.56. The molecule has 0 N–H and O–H groups in total. The Balaban J connectivity index is 2.21. The number of aryl methyl sites for hydroxylation is 1. The van der Waals surface area contributed by atoms with Gasteiger partial charge in [-0.1, -0.05) is 13.8 Å². The molecule has 3 aromatic rings. The molecule has 0 radical (unpaired) electrons. The Morgan fingerprint density at radius 2 is 1.79 bits per heavy atom. The van der Waals surface area contributed by atoms with Gasteiger partial charge in [0.2, 0.25) is 5.88 Å². The number of ether oxygens (including phenoxy) is 3. The zero-order valence-corrected chi connectivity index (χ0v) is 17.7. The maximum Gasteiger partial charge on any atom is 0.223 e. The Kier molecular flexibility index (Phi) is 5.89. The van der Waals surface area contributed by atoms with Crippen LogP contribution in [0.15, 0.2) is 24.4 Å². The predicted octanol–water partition coefficient (Wildman–Crippen LogP) is 4.75. The minimum atomic E-state index is 0.195. The molecule has 1 atom stereocenters. The van der Waals surface area contributed by atoms with Gasteiger partial charge in [-0.2, -0.15) is 0 Å². The summed E-state index contributed by atoms with van der Waals surface area (Å²) < 4.78 is 18.8. The van der Waals surface area contributed by atoms with Gasteiger partial charge in [-0.25, -0.2) is 9.97 Å². The molecule has 6 nitrogen and oxygen atoms in total. The van der Waals surface area contributed by atoms with Crippen molar-refractivity contribution in [3.8, 4) is 22.9 Å². The Labute approximate surface area is 166 Å². The van der Waals surface area contributed by atoms with Crippen LogP contribution in [0.25, 0.3) is 22.3 Å². The van der Waals surface area contributed by atoms with Gasteiger partial charge in [-0.05, 0) is 37.5 Å². The minimum Gasteiger partial charge on any atom is -0.494 e. The van der Waals surface area contributed by atoms with E-state index in [2.05, 4.69) is 43.4 Å². The zero-order chi connectivity index (χ0) is 20.4. The topological polar surface area (TPSA) is 58.4 Å². The second-order valence-electron chi connectivity index (χ2n) is 7.38. The molecule has 0 aliphatic rings. The van der Waals surface area contributed by atoms with Crippen LogP contribution >= 0.6 is 0 Å². The average molecular weight is 383 g/mol. The maximum atomic E-state index is 5.70. The van der Waals surface area contributed by atoms with Crippen molar-refractivity contribution in [3.05, 3.63) is 35.7 Å². The zero-order valence-electron chi connectivity index (χ0n) is 17.7. The molecule has 3 aromatic heterocycles. The Morgan fingerprint density at radius 3 is 2.39 bits per heavy atom. The second kappa shape index (κ2) is 8.19. The van der Waals surface area contributed by atoms with Crippen molar-refractivity contribution in [3.63, 3.8) is 0 Å². The highest BCUT2D eigenvalue weighted by molar-refractivity contribution is 5.86. The van der Waals surface area contributed by atoms with Crippen LogP contribution in [0.3, 0.4) is 0 Å². The van der Waals surface area contributed by atoms with Gasteiger partial charge in [-0.3, -0.25) is 0 Å². The van der Waals surface area contributed by atoms with Crippen molar-refractivity contribution in [2.24, 2.45) is 0 Å². The lowest BCUT2D eigenvalue weighted by atomic mass is 10.1. The van der Waals surface area contributed by atoms with Crippen LogP contribution in [-0.4, -0.2) is 42.5 Å². The monoisotopic (exact) mass is 383 g/mol. The molecule has 0 saturated carbocycles. The predicted molar refractivity (Wildman–Crippen MR) is 111 cm³/mol. The molecular formula is C22H29N3O3. The number of aromatic nitrogens is 3. The highest BCUT2D eigenvalue weighted by Gasteiger charge is 2.20. The molecule has 0 unspecified atom stereocenters. The summed E-state index contributed by atoms with van der Waals surface area (Å²) >= 11 is 0. The van der Waals surface area contributed by atoms with E-state index in [1.807, 2.05) is 18.2 Å². The van der Waals surface area contributed by atoms with Crippen LogP contribution in [0.5, 0.6) is 11.6 Å². The first-order valence-electron chi connectivity index (χ1n) is 9.51. The highest BCUT2D eigenvalue weighted by Crippen LogP contribution is 2.38. The molecule has 6 heteroatoms. The summed E-state index contributed by atoms with van der Waals surface area (Å²) in [6.45, 7) is 9.04. The van der Waals surface area contributed by atoms with Crippen molar-refractivity contribution in [2.45, 2.75) is 39.7 Å². The highest BCUT2D eigenvalue weighted by atomic mass is 16.5. The van der Waals surface area contributed by atoms with Gasteiger partial charge in [0.05, 0.1) is 43.5 Å². The smallest absolute Gasteiger partial charge is 0.223 e. The summed E-state index contributed by atoms with van der Waals surface area (Å²) in [6, 6.07) is 6.26. The summed E-state index contributed by atoms with van der Waals surface area (Å²) in [7, 11) is 5.01. The van der Waals surface area contributed by atoms with Crippen LogP contribution in [0.1, 0.15) is 44.0 Å². The minimum absolute atomic E-state index is 0.195. The first-order valence-corrected chi connectivity index (χ1v) is 9.51. The molecule has 0 amide bonds. The standard InChI is InChI=1S/C22H29N3O3/c1-13(2)17-9-8-16(22(23-17)28-7)21-19(27-6)10-18-20(24-21)14(3)11-25(18)15(4)12-26-5/h8-11,13,15H,12H2,1-7H3/t15-/m0/s1. The van der Waals surface area contributed by atoms with Crippen molar-refractivity contribution in [1.82, 2.24) is 14.5 Å². The van der Waals surface area contributed by atoms with E-state index < -0.39 is 0 Å². The maximum absolute atomic E-state index is 5.70. The fourth-order valence-corrected chi connectivity index (χ4v) is 3.46. The van der Waals surface area contributed by atoms with E-state index in [1.165, 1.54) is 0 Å². The van der Waals surface area contributed by atoms with Gasteiger partial charge in [-0.15, -0.1) is 0 Å². The van der Waals surface area contributed by atoms with Crippen LogP contribution < -0.4 is 9.47 Å². The molecule has 0 saturated heterocycles. The number of rotatable bonds is 7. The molecule has 0 bridgehead atoms. The van der Waals surface area contributed by atoms with E-state index in [1.54, 1.807) is 21.3 Å². The number of nitrogens with zero attached hydrogens (tertiary/aromatic N) is 3. The van der Waals surface area contributed by atoms with Gasteiger partial charge in [0.25, 0.3) is 0 Å². The number of hydrogen-bond acceptors (Lipinski definition) is 5. The Bertz CT molecular complexity index is 979. The number of pyridine rings is 2. The van der Waals surface area contributed by atoms with Crippen molar-refractivity contribution in [2.75, 3.05) is 27.9 Å². The third-order valence-corrected chi connectivity index (χ3v) is 4.98. The van der Waals surface area contributed by atoms with Crippen molar-refractivity contribution in [1.29, 1.82) is 0 Å². The summed E-state index contributed by atoms with van der Waals surface area (Å²) in [5, 5.41) is 0. The van der Waals surface area contributed by atoms with E-state index in [-0.39, 0.29) is 6.04 Å². The fraction of sp³-hybridized carbons (Fsp3) is 0.455. The van der Waals surface area contributed by atoms with Gasteiger partial charge in [0.1, 0.15) is 11.4 Å². The summed E-state index contributed by atoms with van der Waals surface area (Å²) in [4.78, 5) is 9.62. The van der Waals surface area contributed by atoms with Crippen molar-refractivity contribution < 1.29 is 14.2 Å². The van der Waals surface area contributed by atoms with Gasteiger partial charge < -0.3 is 18.8 Å². The largest absolute Gasteiger partial charge is 0.494 e. The molecule has 0 aliphatic heterocycles. The molecule has 3 heterocycles.